The van der Waals surface area contributed by atoms with Crippen LogP contribution in [0.2, 0.25) is 5.02 Å². The number of aryl methyl sites for hydroxylation is 2. The van der Waals surface area contributed by atoms with Gasteiger partial charge in [-0.15, -0.1) is 11.3 Å². The SMILES string of the molecule is CC(C)(C)c1cc(Oc2ccc3c(c2)-c2ccccc2C3(C)C)c(Cl)c(Oc2ccc3c(c2)sc2ccc4c(c23)CCC4)c1. The Morgan fingerprint density at radius 3 is 2.20 bits per heavy atom. The lowest BCUT2D eigenvalue weighted by Gasteiger charge is -2.23. The Bertz CT molecular complexity index is 2130. The standard InChI is InChI=1S/C40H35ClO2S/c1-39(2,3)24-19-33(42-25-15-17-32-30(21-25)28-10-6-7-12-31(28)40(32,4)5)38(41)34(20-24)43-26-14-16-29-36(22-26)44-35-18-13-23-9-8-11-27(23)37(29)35/h6-7,10,12-22H,8-9,11H2,1-5H3. The molecular formula is C40H35ClO2S. The summed E-state index contributed by atoms with van der Waals surface area (Å²) in [7, 11) is 0. The number of hydrogen-bond donors (Lipinski definition) is 0. The zero-order valence-electron chi connectivity index (χ0n) is 25.8. The molecule has 0 unspecified atom stereocenters. The van der Waals surface area contributed by atoms with E-state index >= 15 is 0 Å². The smallest absolute Gasteiger partial charge is 0.150 e. The van der Waals surface area contributed by atoms with Gasteiger partial charge in [-0.1, -0.05) is 82.6 Å². The summed E-state index contributed by atoms with van der Waals surface area (Å²) in [4.78, 5) is 0. The summed E-state index contributed by atoms with van der Waals surface area (Å²) in [6, 6.07) is 30.2. The number of benzene rings is 5. The fraction of sp³-hybridized carbons (Fsp3) is 0.250. The maximum Gasteiger partial charge on any atom is 0.150 e. The average molecular weight is 615 g/mol. The second-order valence-electron chi connectivity index (χ2n) is 13.8. The lowest BCUT2D eigenvalue weighted by molar-refractivity contribution is 0.455. The van der Waals surface area contributed by atoms with E-state index in [-0.39, 0.29) is 10.8 Å². The molecule has 0 saturated heterocycles. The summed E-state index contributed by atoms with van der Waals surface area (Å²) in [5.74, 6) is 2.73. The van der Waals surface area contributed by atoms with Crippen LogP contribution in [0.25, 0.3) is 31.3 Å². The molecule has 0 N–H and O–H groups in total. The van der Waals surface area contributed by atoms with E-state index in [0.717, 1.165) is 17.1 Å². The van der Waals surface area contributed by atoms with Crippen molar-refractivity contribution in [1.29, 1.82) is 0 Å². The van der Waals surface area contributed by atoms with Crippen LogP contribution >= 0.6 is 22.9 Å². The van der Waals surface area contributed by atoms with E-state index in [1.165, 1.54) is 72.8 Å². The third-order valence-corrected chi connectivity index (χ3v) is 11.1. The Morgan fingerprint density at radius 2 is 1.43 bits per heavy atom. The summed E-state index contributed by atoms with van der Waals surface area (Å²) < 4.78 is 15.7. The molecule has 0 amide bonds. The summed E-state index contributed by atoms with van der Waals surface area (Å²) in [6.07, 6.45) is 3.60. The van der Waals surface area contributed by atoms with Gasteiger partial charge >= 0.3 is 0 Å². The zero-order chi connectivity index (χ0) is 30.4. The molecule has 6 aromatic rings. The van der Waals surface area contributed by atoms with Gasteiger partial charge in [0.05, 0.1) is 0 Å². The van der Waals surface area contributed by atoms with Crippen LogP contribution in [-0.4, -0.2) is 0 Å². The molecule has 0 atom stereocenters. The number of ether oxygens (including phenoxy) is 2. The molecule has 44 heavy (non-hydrogen) atoms. The van der Waals surface area contributed by atoms with E-state index < -0.39 is 0 Å². The summed E-state index contributed by atoms with van der Waals surface area (Å²) >= 11 is 8.91. The van der Waals surface area contributed by atoms with Crippen LogP contribution in [0.4, 0.5) is 0 Å². The summed E-state index contributed by atoms with van der Waals surface area (Å²) in [5.41, 5.74) is 9.08. The lowest BCUT2D eigenvalue weighted by Crippen LogP contribution is -2.14. The van der Waals surface area contributed by atoms with Gasteiger partial charge in [0.15, 0.2) is 0 Å². The van der Waals surface area contributed by atoms with Crippen molar-refractivity contribution in [2.75, 3.05) is 0 Å². The van der Waals surface area contributed by atoms with Crippen molar-refractivity contribution in [2.24, 2.45) is 0 Å². The van der Waals surface area contributed by atoms with Crippen LogP contribution in [0.15, 0.2) is 84.9 Å². The molecule has 220 valence electrons. The highest BCUT2D eigenvalue weighted by molar-refractivity contribution is 7.25. The first kappa shape index (κ1) is 27.7. The molecule has 2 nitrogen and oxygen atoms in total. The highest BCUT2D eigenvalue weighted by atomic mass is 35.5. The van der Waals surface area contributed by atoms with E-state index in [0.29, 0.717) is 16.5 Å². The van der Waals surface area contributed by atoms with Crippen molar-refractivity contribution in [2.45, 2.75) is 64.7 Å². The van der Waals surface area contributed by atoms with Gasteiger partial charge in [-0.3, -0.25) is 0 Å². The second kappa shape index (κ2) is 9.86. The largest absolute Gasteiger partial charge is 0.456 e. The molecule has 0 saturated carbocycles. The van der Waals surface area contributed by atoms with E-state index in [9.17, 15) is 0 Å². The first-order valence-electron chi connectivity index (χ1n) is 15.5. The maximum atomic E-state index is 7.07. The average Bonchev–Trinajstić information content (AvgIpc) is 3.67. The van der Waals surface area contributed by atoms with Crippen LogP contribution in [0.3, 0.4) is 0 Å². The minimum Gasteiger partial charge on any atom is -0.456 e. The van der Waals surface area contributed by atoms with Crippen molar-refractivity contribution < 1.29 is 9.47 Å². The molecule has 0 spiro atoms. The minimum atomic E-state index is -0.127. The van der Waals surface area contributed by atoms with Gasteiger partial charge in [-0.05, 0) is 112 Å². The van der Waals surface area contributed by atoms with Crippen LogP contribution in [0.5, 0.6) is 23.0 Å². The number of hydrogen-bond acceptors (Lipinski definition) is 3. The quantitative estimate of drug-likeness (QED) is 0.197. The van der Waals surface area contributed by atoms with Crippen molar-refractivity contribution in [1.82, 2.24) is 0 Å². The molecule has 0 bridgehead atoms. The molecular weight excluding hydrogens is 580 g/mol. The fourth-order valence-electron chi connectivity index (χ4n) is 7.17. The Balaban J connectivity index is 1.17. The van der Waals surface area contributed by atoms with Gasteiger partial charge in [0.2, 0.25) is 0 Å². The highest BCUT2D eigenvalue weighted by Gasteiger charge is 2.35. The molecule has 2 aliphatic carbocycles. The van der Waals surface area contributed by atoms with Gasteiger partial charge < -0.3 is 9.47 Å². The Morgan fingerprint density at radius 1 is 0.727 bits per heavy atom. The van der Waals surface area contributed by atoms with Crippen LogP contribution in [0, 0.1) is 0 Å². The van der Waals surface area contributed by atoms with Gasteiger partial charge in [0.1, 0.15) is 28.0 Å². The van der Waals surface area contributed by atoms with E-state index in [1.54, 1.807) is 0 Å². The minimum absolute atomic E-state index is 0.0508. The number of fused-ring (bicyclic) bond motifs is 8. The molecule has 4 heteroatoms. The third-order valence-electron chi connectivity index (χ3n) is 9.57. The fourth-order valence-corrected chi connectivity index (χ4v) is 8.52. The number of halogens is 1. The topological polar surface area (TPSA) is 18.5 Å². The zero-order valence-corrected chi connectivity index (χ0v) is 27.4. The van der Waals surface area contributed by atoms with Crippen molar-refractivity contribution in [3.63, 3.8) is 0 Å². The van der Waals surface area contributed by atoms with E-state index in [4.69, 9.17) is 21.1 Å². The lowest BCUT2D eigenvalue weighted by atomic mass is 9.82. The molecule has 0 fully saturated rings. The monoisotopic (exact) mass is 614 g/mol. The first-order chi connectivity index (χ1) is 21.1. The van der Waals surface area contributed by atoms with Gasteiger partial charge in [-0.25, -0.2) is 0 Å². The van der Waals surface area contributed by atoms with Gasteiger partial charge in [0.25, 0.3) is 0 Å². The third kappa shape index (κ3) is 4.36. The predicted molar refractivity (Wildman–Crippen MR) is 186 cm³/mol. The number of rotatable bonds is 4. The highest BCUT2D eigenvalue weighted by Crippen LogP contribution is 2.51. The predicted octanol–water partition coefficient (Wildman–Crippen LogP) is 12.4. The molecule has 0 radical (unpaired) electrons. The number of thiophene rings is 1. The van der Waals surface area contributed by atoms with Crippen LogP contribution in [0.1, 0.15) is 68.9 Å². The van der Waals surface area contributed by atoms with Crippen molar-refractivity contribution >= 4 is 43.1 Å². The summed E-state index contributed by atoms with van der Waals surface area (Å²) in [6.45, 7) is 11.2. The van der Waals surface area contributed by atoms with Crippen LogP contribution < -0.4 is 9.47 Å². The second-order valence-corrected chi connectivity index (χ2v) is 15.3. The van der Waals surface area contributed by atoms with Gasteiger partial charge in [0, 0.05) is 25.6 Å². The van der Waals surface area contributed by atoms with Crippen molar-refractivity contribution in [3.8, 4) is 34.1 Å². The first-order valence-corrected chi connectivity index (χ1v) is 16.7. The Labute approximate surface area is 268 Å². The van der Waals surface area contributed by atoms with E-state index in [2.05, 4.69) is 120 Å². The normalized spacial score (nSPS) is 15.0. The van der Waals surface area contributed by atoms with Gasteiger partial charge in [-0.2, -0.15) is 0 Å². The molecule has 0 aliphatic heterocycles. The molecule has 1 heterocycles. The maximum absolute atomic E-state index is 7.07. The molecule has 2 aliphatic rings. The van der Waals surface area contributed by atoms with E-state index in [1.807, 2.05) is 11.3 Å². The summed E-state index contributed by atoms with van der Waals surface area (Å²) in [5, 5.41) is 3.21. The Hall–Kier alpha value is -3.79. The molecule has 5 aromatic carbocycles. The Kier molecular flexibility index (Phi) is 6.21. The van der Waals surface area contributed by atoms with Crippen LogP contribution in [-0.2, 0) is 23.7 Å². The molecule has 1 aromatic heterocycles. The van der Waals surface area contributed by atoms with Crippen molar-refractivity contribution in [3.05, 3.63) is 118 Å². The molecule has 8 rings (SSSR count).